The number of fused-ring (bicyclic) bond motifs is 2. The summed E-state index contributed by atoms with van der Waals surface area (Å²) in [5.41, 5.74) is 2.70. The van der Waals surface area contributed by atoms with E-state index in [9.17, 15) is 9.59 Å². The maximum Gasteiger partial charge on any atom is 0.338 e. The van der Waals surface area contributed by atoms with Crippen molar-refractivity contribution in [1.82, 2.24) is 4.57 Å². The van der Waals surface area contributed by atoms with Gasteiger partial charge in [-0.3, -0.25) is 9.36 Å². The Kier molecular flexibility index (Phi) is 10.6. The number of benzene rings is 4. The number of ether oxygens (including phenoxy) is 5. The number of hydrogen-bond acceptors (Lipinski definition) is 9. The SMILES string of the molecule is CCOc1c(OC)cccc1[C@@H]1C(C(=O)OCCOC)=C(C)N=c2s/c(=C/c3c(OCc4ccc(Br)cc4)ccc4ccccc34)c(=O)n21. The maximum absolute atomic E-state index is 14.6. The molecule has 1 aliphatic heterocycles. The second kappa shape index (κ2) is 15.2. The fourth-order valence-electron chi connectivity index (χ4n) is 5.80. The number of hydrogen-bond donors (Lipinski definition) is 0. The van der Waals surface area contributed by atoms with Crippen molar-refractivity contribution in [2.75, 3.05) is 34.0 Å². The molecule has 252 valence electrons. The van der Waals surface area contributed by atoms with Gasteiger partial charge in [-0.2, -0.15) is 0 Å². The fraction of sp³-hybridized carbons (Fsp3) is 0.237. The van der Waals surface area contributed by atoms with Crippen molar-refractivity contribution in [3.8, 4) is 17.2 Å². The molecular weight excluding hydrogens is 708 g/mol. The lowest BCUT2D eigenvalue weighted by Gasteiger charge is -2.27. The van der Waals surface area contributed by atoms with Crippen LogP contribution in [0.5, 0.6) is 17.2 Å². The highest BCUT2D eigenvalue weighted by atomic mass is 79.9. The number of carbonyl (C=O) groups is 1. The van der Waals surface area contributed by atoms with Crippen LogP contribution in [0.4, 0.5) is 0 Å². The zero-order chi connectivity index (χ0) is 34.5. The van der Waals surface area contributed by atoms with Crippen LogP contribution in [0.3, 0.4) is 0 Å². The van der Waals surface area contributed by atoms with E-state index in [1.807, 2.05) is 79.7 Å². The molecule has 0 unspecified atom stereocenters. The molecule has 1 aromatic heterocycles. The number of methoxy groups -OCH3 is 2. The van der Waals surface area contributed by atoms with Gasteiger partial charge >= 0.3 is 5.97 Å². The van der Waals surface area contributed by atoms with Crippen LogP contribution >= 0.6 is 27.3 Å². The summed E-state index contributed by atoms with van der Waals surface area (Å²) in [5.74, 6) is 0.947. The monoisotopic (exact) mass is 742 g/mol. The molecule has 1 aliphatic rings. The Bertz CT molecular complexity index is 2220. The van der Waals surface area contributed by atoms with E-state index >= 15 is 0 Å². The third kappa shape index (κ3) is 7.05. The second-order valence-electron chi connectivity index (χ2n) is 11.1. The number of rotatable bonds is 12. The molecule has 6 rings (SSSR count). The first-order valence-corrected chi connectivity index (χ1v) is 17.3. The average Bonchev–Trinajstić information content (AvgIpc) is 3.41. The standard InChI is InChI=1S/C38H35BrN2O7S/c1-5-46-35-28(11-8-12-31(35)45-4)34-33(37(43)47-20-19-44-3)23(2)40-38-41(34)36(42)32(49-38)21-29-27-10-7-6-9-25(27)15-18-30(29)48-22-24-13-16-26(39)17-14-24/h6-18,21,34H,5,19-20,22H2,1-4H3/b32-21+/t34-/m1/s1. The van der Waals surface area contributed by atoms with Crippen molar-refractivity contribution in [3.63, 3.8) is 0 Å². The van der Waals surface area contributed by atoms with Crippen molar-refractivity contribution in [3.05, 3.63) is 131 Å². The lowest BCUT2D eigenvalue weighted by Crippen LogP contribution is -2.40. The topological polar surface area (TPSA) is 97.6 Å². The lowest BCUT2D eigenvalue weighted by atomic mass is 9.94. The predicted molar refractivity (Wildman–Crippen MR) is 193 cm³/mol. The number of thiazole rings is 1. The van der Waals surface area contributed by atoms with Crippen molar-refractivity contribution >= 4 is 50.1 Å². The number of para-hydroxylation sites is 1. The highest BCUT2D eigenvalue weighted by molar-refractivity contribution is 9.10. The third-order valence-corrected chi connectivity index (χ3v) is 9.60. The van der Waals surface area contributed by atoms with E-state index in [0.717, 1.165) is 26.4 Å². The highest BCUT2D eigenvalue weighted by Gasteiger charge is 2.36. The molecular formula is C38H35BrN2O7S. The van der Waals surface area contributed by atoms with Crippen LogP contribution < -0.4 is 29.1 Å². The van der Waals surface area contributed by atoms with Crippen LogP contribution in [0.25, 0.3) is 16.8 Å². The van der Waals surface area contributed by atoms with Gasteiger partial charge in [-0.25, -0.2) is 9.79 Å². The molecule has 0 radical (unpaired) electrons. The number of nitrogens with zero attached hydrogens (tertiary/aromatic N) is 2. The van der Waals surface area contributed by atoms with Crippen molar-refractivity contribution in [2.24, 2.45) is 4.99 Å². The first-order chi connectivity index (χ1) is 23.8. The van der Waals surface area contributed by atoms with Gasteiger partial charge < -0.3 is 23.7 Å². The highest BCUT2D eigenvalue weighted by Crippen LogP contribution is 2.41. The number of halogens is 1. The van der Waals surface area contributed by atoms with E-state index in [0.29, 0.717) is 51.1 Å². The van der Waals surface area contributed by atoms with Gasteiger partial charge in [0, 0.05) is 22.7 Å². The first-order valence-electron chi connectivity index (χ1n) is 15.7. The van der Waals surface area contributed by atoms with E-state index in [-0.39, 0.29) is 24.3 Å². The molecule has 0 aliphatic carbocycles. The summed E-state index contributed by atoms with van der Waals surface area (Å²) < 4.78 is 31.7. The molecule has 5 aromatic rings. The van der Waals surface area contributed by atoms with E-state index in [1.54, 1.807) is 30.7 Å². The van der Waals surface area contributed by atoms with Crippen LogP contribution in [0.2, 0.25) is 0 Å². The Balaban J connectivity index is 1.54. The lowest BCUT2D eigenvalue weighted by molar-refractivity contribution is -0.140. The molecule has 0 amide bonds. The van der Waals surface area contributed by atoms with Gasteiger partial charge in [0.2, 0.25) is 0 Å². The number of carbonyl (C=O) groups excluding carboxylic acids is 1. The minimum Gasteiger partial charge on any atom is -0.493 e. The van der Waals surface area contributed by atoms with E-state index in [2.05, 4.69) is 15.9 Å². The van der Waals surface area contributed by atoms with E-state index in [4.69, 9.17) is 28.7 Å². The normalized spacial score (nSPS) is 14.4. The van der Waals surface area contributed by atoms with E-state index in [1.165, 1.54) is 18.4 Å². The number of allylic oxidation sites excluding steroid dienone is 1. The molecule has 2 heterocycles. The zero-order valence-electron chi connectivity index (χ0n) is 27.5. The van der Waals surface area contributed by atoms with Gasteiger partial charge in [-0.1, -0.05) is 81.9 Å². The quantitative estimate of drug-likeness (QED) is 0.109. The molecule has 11 heteroatoms. The molecule has 49 heavy (non-hydrogen) atoms. The second-order valence-corrected chi connectivity index (χ2v) is 13.1. The number of aromatic nitrogens is 1. The molecule has 0 fully saturated rings. The minimum atomic E-state index is -0.897. The summed E-state index contributed by atoms with van der Waals surface area (Å²) in [6, 6.07) is 24.4. The largest absolute Gasteiger partial charge is 0.493 e. The van der Waals surface area contributed by atoms with Gasteiger partial charge in [0.05, 0.1) is 36.1 Å². The Morgan fingerprint density at radius 1 is 0.959 bits per heavy atom. The van der Waals surface area contributed by atoms with E-state index < -0.39 is 12.0 Å². The summed E-state index contributed by atoms with van der Waals surface area (Å²) in [7, 11) is 3.08. The maximum atomic E-state index is 14.6. The van der Waals surface area contributed by atoms with Gasteiger partial charge in [-0.05, 0) is 60.5 Å². The van der Waals surface area contributed by atoms with Gasteiger partial charge in [0.15, 0.2) is 16.3 Å². The molecule has 0 spiro atoms. The smallest absolute Gasteiger partial charge is 0.338 e. The average molecular weight is 744 g/mol. The summed E-state index contributed by atoms with van der Waals surface area (Å²) in [6.07, 6.45) is 1.85. The van der Waals surface area contributed by atoms with Gasteiger partial charge in [0.25, 0.3) is 5.56 Å². The minimum absolute atomic E-state index is 0.0454. The summed E-state index contributed by atoms with van der Waals surface area (Å²) in [6.45, 7) is 4.57. The zero-order valence-corrected chi connectivity index (χ0v) is 29.9. The molecule has 0 N–H and O–H groups in total. The van der Waals surface area contributed by atoms with Crippen LogP contribution in [0, 0.1) is 0 Å². The number of esters is 1. The van der Waals surface area contributed by atoms with Crippen LogP contribution in [-0.4, -0.2) is 44.6 Å². The first kappa shape index (κ1) is 34.2. The summed E-state index contributed by atoms with van der Waals surface area (Å²) in [5, 5.41) is 1.94. The molecule has 9 nitrogen and oxygen atoms in total. The molecule has 1 atom stereocenters. The predicted octanol–water partition coefficient (Wildman–Crippen LogP) is 6.33. The van der Waals surface area contributed by atoms with Gasteiger partial charge in [-0.15, -0.1) is 0 Å². The molecule has 0 bridgehead atoms. The Morgan fingerprint density at radius 3 is 2.51 bits per heavy atom. The fourth-order valence-corrected chi connectivity index (χ4v) is 7.10. The van der Waals surface area contributed by atoms with Crippen LogP contribution in [-0.2, 0) is 20.9 Å². The van der Waals surface area contributed by atoms with Crippen LogP contribution in [0.15, 0.2) is 104 Å². The van der Waals surface area contributed by atoms with Crippen molar-refractivity contribution < 1.29 is 28.5 Å². The van der Waals surface area contributed by atoms with Gasteiger partial charge in [0.1, 0.15) is 25.0 Å². The Labute approximate surface area is 295 Å². The molecule has 0 saturated carbocycles. The third-order valence-electron chi connectivity index (χ3n) is 8.09. The van der Waals surface area contributed by atoms with Crippen molar-refractivity contribution in [1.29, 1.82) is 0 Å². The van der Waals surface area contributed by atoms with Crippen molar-refractivity contribution in [2.45, 2.75) is 26.5 Å². The molecule has 0 saturated heterocycles. The summed E-state index contributed by atoms with van der Waals surface area (Å²) in [4.78, 5) is 33.5. The van der Waals surface area contributed by atoms with Crippen LogP contribution in [0.1, 0.15) is 36.6 Å². The molecule has 4 aromatic carbocycles. The summed E-state index contributed by atoms with van der Waals surface area (Å²) >= 11 is 4.73. The Hall–Kier alpha value is -4.71. The Morgan fingerprint density at radius 2 is 1.76 bits per heavy atom.